The third-order valence-corrected chi connectivity index (χ3v) is 5.38. The van der Waals surface area contributed by atoms with E-state index in [1.807, 2.05) is 11.9 Å². The molecule has 0 saturated carbocycles. The Morgan fingerprint density at radius 2 is 2.00 bits per heavy atom. The number of nitrogens with one attached hydrogen (secondary N) is 1. The van der Waals surface area contributed by atoms with Gasteiger partial charge in [-0.2, -0.15) is 0 Å². The Morgan fingerprint density at radius 1 is 1.15 bits per heavy atom. The van der Waals surface area contributed by atoms with E-state index in [1.54, 1.807) is 30.3 Å². The summed E-state index contributed by atoms with van der Waals surface area (Å²) in [5.41, 5.74) is 2.24. The highest BCUT2D eigenvalue weighted by Crippen LogP contribution is 2.34. The summed E-state index contributed by atoms with van der Waals surface area (Å²) >= 11 is 0. The third-order valence-electron chi connectivity index (χ3n) is 5.38. The summed E-state index contributed by atoms with van der Waals surface area (Å²) in [4.78, 5) is 29.6. The molecule has 0 spiro atoms. The van der Waals surface area contributed by atoms with E-state index in [1.165, 1.54) is 12.1 Å². The van der Waals surface area contributed by atoms with E-state index < -0.39 is 5.82 Å². The zero-order valence-electron chi connectivity index (χ0n) is 15.2. The Balaban J connectivity index is 1.63. The molecule has 2 heterocycles. The summed E-state index contributed by atoms with van der Waals surface area (Å²) in [7, 11) is 1.97. The van der Waals surface area contributed by atoms with Crippen molar-refractivity contribution in [3.63, 3.8) is 0 Å². The zero-order chi connectivity index (χ0) is 19.0. The molecule has 1 fully saturated rings. The van der Waals surface area contributed by atoms with Crippen LogP contribution in [0, 0.1) is 5.82 Å². The first kappa shape index (κ1) is 17.5. The van der Waals surface area contributed by atoms with Gasteiger partial charge in [0.15, 0.2) is 0 Å². The first-order chi connectivity index (χ1) is 13.0. The average Bonchev–Trinajstić information content (AvgIpc) is 2.92. The third kappa shape index (κ3) is 3.27. The van der Waals surface area contributed by atoms with Gasteiger partial charge in [0.1, 0.15) is 12.0 Å². The van der Waals surface area contributed by atoms with Crippen LogP contribution in [0.3, 0.4) is 0 Å². The van der Waals surface area contributed by atoms with E-state index in [4.69, 9.17) is 0 Å². The fraction of sp³-hybridized carbons (Fsp3) is 0.333. The van der Waals surface area contributed by atoms with Crippen molar-refractivity contribution in [2.24, 2.45) is 0 Å². The lowest BCUT2D eigenvalue weighted by atomic mass is 10.0. The number of nitrogens with zero attached hydrogens (tertiary/aromatic N) is 2. The quantitative estimate of drug-likeness (QED) is 0.877. The monoisotopic (exact) mass is 367 g/mol. The summed E-state index contributed by atoms with van der Waals surface area (Å²) in [5.74, 6) is -0.698. The van der Waals surface area contributed by atoms with Crippen molar-refractivity contribution < 1.29 is 14.0 Å². The van der Waals surface area contributed by atoms with Gasteiger partial charge in [0.2, 0.25) is 0 Å². The second-order valence-electron chi connectivity index (χ2n) is 7.14. The van der Waals surface area contributed by atoms with Crippen LogP contribution < -0.4 is 10.2 Å². The molecular formula is C21H22FN3O2. The number of rotatable bonds is 2. The molecule has 5 nitrogen and oxygen atoms in total. The molecule has 4 rings (SSSR count). The predicted octanol–water partition coefficient (Wildman–Crippen LogP) is 3.87. The van der Waals surface area contributed by atoms with Crippen LogP contribution in [0.2, 0.25) is 0 Å². The maximum absolute atomic E-state index is 13.3. The smallest absolute Gasteiger partial charge is 0.257 e. The number of hydrogen-bond donors (Lipinski definition) is 1. The van der Waals surface area contributed by atoms with E-state index in [0.717, 1.165) is 37.9 Å². The van der Waals surface area contributed by atoms with E-state index >= 15 is 0 Å². The van der Waals surface area contributed by atoms with Gasteiger partial charge in [-0.25, -0.2) is 4.39 Å². The van der Waals surface area contributed by atoms with Crippen molar-refractivity contribution in [2.75, 3.05) is 23.8 Å². The molecule has 2 aromatic carbocycles. The highest BCUT2D eigenvalue weighted by Gasteiger charge is 2.36. The number of carbonyl (C=O) groups is 2. The summed E-state index contributed by atoms with van der Waals surface area (Å²) in [6.07, 6.45) is 4.22. The van der Waals surface area contributed by atoms with Gasteiger partial charge < -0.3 is 15.1 Å². The fourth-order valence-electron chi connectivity index (χ4n) is 3.96. The molecule has 2 aromatic rings. The molecule has 2 amide bonds. The minimum atomic E-state index is -0.406. The van der Waals surface area contributed by atoms with E-state index in [2.05, 4.69) is 10.2 Å². The molecule has 1 atom stereocenters. The molecule has 1 saturated heterocycles. The number of amides is 2. The fourth-order valence-corrected chi connectivity index (χ4v) is 3.96. The van der Waals surface area contributed by atoms with Crippen molar-refractivity contribution >= 4 is 23.2 Å². The number of carbonyl (C=O) groups excluding carboxylic acids is 2. The van der Waals surface area contributed by atoms with Crippen LogP contribution in [0.5, 0.6) is 0 Å². The number of benzene rings is 2. The number of anilines is 2. The molecule has 0 bridgehead atoms. The lowest BCUT2D eigenvalue weighted by molar-refractivity contribution is 0.0661. The van der Waals surface area contributed by atoms with Crippen molar-refractivity contribution in [3.05, 3.63) is 59.4 Å². The van der Waals surface area contributed by atoms with E-state index in [-0.39, 0.29) is 18.0 Å². The van der Waals surface area contributed by atoms with Crippen molar-refractivity contribution in [2.45, 2.75) is 31.8 Å². The molecule has 2 aliphatic heterocycles. The summed E-state index contributed by atoms with van der Waals surface area (Å²) in [6.45, 7) is 0.773. The van der Waals surface area contributed by atoms with Crippen LogP contribution >= 0.6 is 0 Å². The van der Waals surface area contributed by atoms with Crippen molar-refractivity contribution in [1.82, 2.24) is 4.90 Å². The van der Waals surface area contributed by atoms with Gasteiger partial charge in [0.05, 0.1) is 11.3 Å². The maximum atomic E-state index is 13.3. The number of fused-ring (bicyclic) bond motifs is 2. The second-order valence-corrected chi connectivity index (χ2v) is 7.14. The highest BCUT2D eigenvalue weighted by atomic mass is 19.1. The predicted molar refractivity (Wildman–Crippen MR) is 102 cm³/mol. The van der Waals surface area contributed by atoms with Crippen molar-refractivity contribution in [3.8, 4) is 0 Å². The molecule has 140 valence electrons. The standard InChI is InChI=1S/C21H22FN3O2/c1-24-18-12-14(20(26)23-16-7-5-6-15(22)13-16)9-10-17(18)21(27)25-11-4-2-3-8-19(24)25/h5-7,9-10,12-13,19H,2-4,8,11H2,1H3,(H,23,26)/t19-/m1/s1. The Hall–Kier alpha value is -2.89. The first-order valence-electron chi connectivity index (χ1n) is 9.29. The van der Waals surface area contributed by atoms with Crippen LogP contribution in [0.25, 0.3) is 0 Å². The summed E-state index contributed by atoms with van der Waals surface area (Å²) in [5, 5.41) is 2.71. The van der Waals surface area contributed by atoms with Crippen LogP contribution in [0.1, 0.15) is 46.4 Å². The average molecular weight is 367 g/mol. The van der Waals surface area contributed by atoms with Crippen LogP contribution in [0.15, 0.2) is 42.5 Å². The Labute approximate surface area is 157 Å². The van der Waals surface area contributed by atoms with Gasteiger partial charge >= 0.3 is 0 Å². The molecule has 0 aliphatic carbocycles. The van der Waals surface area contributed by atoms with E-state index in [9.17, 15) is 14.0 Å². The highest BCUT2D eigenvalue weighted by molar-refractivity contribution is 6.08. The second kappa shape index (κ2) is 7.02. The van der Waals surface area contributed by atoms with E-state index in [0.29, 0.717) is 16.8 Å². The summed E-state index contributed by atoms with van der Waals surface area (Å²) < 4.78 is 13.3. The Morgan fingerprint density at radius 3 is 2.81 bits per heavy atom. The zero-order valence-corrected chi connectivity index (χ0v) is 15.2. The minimum Gasteiger partial charge on any atom is -0.354 e. The van der Waals surface area contributed by atoms with Gasteiger partial charge in [-0.15, -0.1) is 0 Å². The molecule has 0 aromatic heterocycles. The van der Waals surface area contributed by atoms with Crippen LogP contribution in [-0.4, -0.2) is 36.5 Å². The van der Waals surface area contributed by atoms with Gasteiger partial charge in [-0.3, -0.25) is 9.59 Å². The van der Waals surface area contributed by atoms with Crippen LogP contribution in [0.4, 0.5) is 15.8 Å². The minimum absolute atomic E-state index is 0.0343. The molecular weight excluding hydrogens is 345 g/mol. The largest absolute Gasteiger partial charge is 0.354 e. The number of halogens is 1. The van der Waals surface area contributed by atoms with Gasteiger partial charge in [0.25, 0.3) is 11.8 Å². The van der Waals surface area contributed by atoms with Gasteiger partial charge in [-0.1, -0.05) is 12.5 Å². The Bertz CT molecular complexity index is 899. The number of hydrogen-bond acceptors (Lipinski definition) is 3. The maximum Gasteiger partial charge on any atom is 0.257 e. The van der Waals surface area contributed by atoms with Gasteiger partial charge in [-0.05, 0) is 55.7 Å². The topological polar surface area (TPSA) is 52.7 Å². The molecule has 1 N–H and O–H groups in total. The summed E-state index contributed by atoms with van der Waals surface area (Å²) in [6, 6.07) is 10.9. The molecule has 6 heteroatoms. The molecule has 0 unspecified atom stereocenters. The Kier molecular flexibility index (Phi) is 4.56. The van der Waals surface area contributed by atoms with Gasteiger partial charge in [0, 0.05) is 24.8 Å². The lowest BCUT2D eigenvalue weighted by Crippen LogP contribution is -2.53. The SMILES string of the molecule is CN1c2cc(C(=O)Nc3cccc(F)c3)ccc2C(=O)N2CCCCC[C@@H]21. The first-order valence-corrected chi connectivity index (χ1v) is 9.29. The van der Waals surface area contributed by atoms with Crippen LogP contribution in [-0.2, 0) is 0 Å². The van der Waals surface area contributed by atoms with Crippen molar-refractivity contribution in [1.29, 1.82) is 0 Å². The molecule has 2 aliphatic rings. The molecule has 0 radical (unpaired) electrons. The molecule has 27 heavy (non-hydrogen) atoms. The lowest BCUT2D eigenvalue weighted by Gasteiger charge is -2.43. The normalized spacial score (nSPS) is 19.2.